The quantitative estimate of drug-likeness (QED) is 0.683. The van der Waals surface area contributed by atoms with E-state index in [0.717, 1.165) is 29.3 Å². The molecule has 19 heavy (non-hydrogen) atoms. The lowest BCUT2D eigenvalue weighted by Crippen LogP contribution is -2.32. The maximum atomic E-state index is 11.5. The zero-order chi connectivity index (χ0) is 13.5. The fourth-order valence-electron chi connectivity index (χ4n) is 1.71. The summed E-state index contributed by atoms with van der Waals surface area (Å²) in [7, 11) is 0. The molecule has 1 aliphatic rings. The van der Waals surface area contributed by atoms with Gasteiger partial charge in [-0.2, -0.15) is 0 Å². The lowest BCUT2D eigenvalue weighted by Gasteiger charge is -2.21. The molecule has 102 valence electrons. The van der Waals surface area contributed by atoms with Crippen molar-refractivity contribution in [3.05, 3.63) is 40.4 Å². The van der Waals surface area contributed by atoms with Crippen LogP contribution in [0.3, 0.4) is 0 Å². The average molecular weight is 326 g/mol. The Labute approximate surface area is 120 Å². The van der Waals surface area contributed by atoms with Gasteiger partial charge in [-0.1, -0.05) is 28.1 Å². The SMILES string of the molecule is O=C(/C=C/c1ccc(Br)cc1)NOC1CCCCO1. The van der Waals surface area contributed by atoms with Crippen LogP contribution in [0.2, 0.25) is 0 Å². The zero-order valence-corrected chi connectivity index (χ0v) is 12.1. The van der Waals surface area contributed by atoms with Gasteiger partial charge in [-0.3, -0.25) is 4.79 Å². The summed E-state index contributed by atoms with van der Waals surface area (Å²) in [6.07, 6.45) is 5.78. The van der Waals surface area contributed by atoms with E-state index in [1.807, 2.05) is 24.3 Å². The number of benzene rings is 1. The number of hydrogen-bond donors (Lipinski definition) is 1. The molecule has 1 atom stereocenters. The number of rotatable bonds is 4. The maximum absolute atomic E-state index is 11.5. The predicted octanol–water partition coefficient (Wildman–Crippen LogP) is 3.04. The molecule has 1 amide bonds. The van der Waals surface area contributed by atoms with Gasteiger partial charge in [0.05, 0.1) is 0 Å². The monoisotopic (exact) mass is 325 g/mol. The maximum Gasteiger partial charge on any atom is 0.267 e. The summed E-state index contributed by atoms with van der Waals surface area (Å²) < 4.78 is 6.34. The molecule has 1 aliphatic heterocycles. The van der Waals surface area contributed by atoms with E-state index in [1.165, 1.54) is 6.08 Å². The summed E-state index contributed by atoms with van der Waals surface area (Å²) in [4.78, 5) is 16.7. The van der Waals surface area contributed by atoms with Crippen LogP contribution < -0.4 is 5.48 Å². The molecule has 1 saturated heterocycles. The predicted molar refractivity (Wildman–Crippen MR) is 76.0 cm³/mol. The van der Waals surface area contributed by atoms with Crippen LogP contribution in [0.25, 0.3) is 6.08 Å². The molecule has 1 heterocycles. The smallest absolute Gasteiger partial charge is 0.267 e. The molecule has 1 N–H and O–H groups in total. The Morgan fingerprint density at radius 1 is 1.37 bits per heavy atom. The van der Waals surface area contributed by atoms with E-state index in [4.69, 9.17) is 9.57 Å². The molecule has 0 spiro atoms. The summed E-state index contributed by atoms with van der Waals surface area (Å²) in [5.74, 6) is -0.294. The van der Waals surface area contributed by atoms with Gasteiger partial charge in [0.25, 0.3) is 5.91 Å². The number of halogens is 1. The molecule has 0 saturated carbocycles. The van der Waals surface area contributed by atoms with E-state index in [-0.39, 0.29) is 12.2 Å². The molecule has 0 aromatic heterocycles. The molecule has 5 heteroatoms. The van der Waals surface area contributed by atoms with Crippen LogP contribution in [0.1, 0.15) is 24.8 Å². The van der Waals surface area contributed by atoms with Crippen LogP contribution in [0.5, 0.6) is 0 Å². The highest BCUT2D eigenvalue weighted by molar-refractivity contribution is 9.10. The van der Waals surface area contributed by atoms with Crippen LogP contribution >= 0.6 is 15.9 Å². The molecule has 1 aromatic rings. The van der Waals surface area contributed by atoms with E-state index >= 15 is 0 Å². The van der Waals surface area contributed by atoms with Gasteiger partial charge in [-0.05, 0) is 36.6 Å². The second-order valence-corrected chi connectivity index (χ2v) is 5.18. The molecule has 1 fully saturated rings. The van der Waals surface area contributed by atoms with Crippen molar-refractivity contribution in [3.63, 3.8) is 0 Å². The number of nitrogens with one attached hydrogen (secondary N) is 1. The Kier molecular flexibility index (Phi) is 5.57. The first-order chi connectivity index (χ1) is 9.24. The van der Waals surface area contributed by atoms with Crippen LogP contribution in [0.4, 0.5) is 0 Å². The summed E-state index contributed by atoms with van der Waals surface area (Å²) in [5, 5.41) is 0. The minimum atomic E-state index is -0.321. The Morgan fingerprint density at radius 2 is 2.16 bits per heavy atom. The number of amides is 1. The normalized spacial score (nSPS) is 19.5. The average Bonchev–Trinajstić information content (AvgIpc) is 2.45. The minimum absolute atomic E-state index is 0.294. The van der Waals surface area contributed by atoms with Gasteiger partial charge in [0.2, 0.25) is 0 Å². The molecule has 4 nitrogen and oxygen atoms in total. The number of hydrogen-bond acceptors (Lipinski definition) is 3. The lowest BCUT2D eigenvalue weighted by molar-refractivity contribution is -0.198. The fourth-order valence-corrected chi connectivity index (χ4v) is 1.97. The van der Waals surface area contributed by atoms with Gasteiger partial charge in [0.15, 0.2) is 6.29 Å². The highest BCUT2D eigenvalue weighted by Crippen LogP contribution is 2.13. The van der Waals surface area contributed by atoms with Gasteiger partial charge in [0, 0.05) is 23.6 Å². The lowest BCUT2D eigenvalue weighted by atomic mass is 10.2. The molecular formula is C14H16BrNO3. The third-order valence-electron chi connectivity index (χ3n) is 2.73. The largest absolute Gasteiger partial charge is 0.350 e. The Balaban J connectivity index is 1.75. The molecule has 0 radical (unpaired) electrons. The van der Waals surface area contributed by atoms with E-state index in [1.54, 1.807) is 6.08 Å². The van der Waals surface area contributed by atoms with E-state index < -0.39 is 0 Å². The van der Waals surface area contributed by atoms with Crippen molar-refractivity contribution in [1.29, 1.82) is 0 Å². The van der Waals surface area contributed by atoms with E-state index in [9.17, 15) is 4.79 Å². The highest BCUT2D eigenvalue weighted by Gasteiger charge is 2.14. The third kappa shape index (κ3) is 5.14. The molecule has 0 aliphatic carbocycles. The van der Waals surface area contributed by atoms with Gasteiger partial charge < -0.3 is 4.74 Å². The number of carbonyl (C=O) groups is 1. The van der Waals surface area contributed by atoms with Gasteiger partial charge >= 0.3 is 0 Å². The van der Waals surface area contributed by atoms with Crippen molar-refractivity contribution in [1.82, 2.24) is 5.48 Å². The van der Waals surface area contributed by atoms with Crippen molar-refractivity contribution < 1.29 is 14.4 Å². The van der Waals surface area contributed by atoms with Crippen molar-refractivity contribution in [3.8, 4) is 0 Å². The topological polar surface area (TPSA) is 47.6 Å². The first kappa shape index (κ1) is 14.2. The van der Waals surface area contributed by atoms with Gasteiger partial charge in [-0.15, -0.1) is 0 Å². The molecule has 0 bridgehead atoms. The second kappa shape index (κ2) is 7.43. The van der Waals surface area contributed by atoms with Gasteiger partial charge in [-0.25, -0.2) is 10.3 Å². The van der Waals surface area contributed by atoms with Crippen molar-refractivity contribution >= 4 is 27.9 Å². The Morgan fingerprint density at radius 3 is 2.84 bits per heavy atom. The standard InChI is InChI=1S/C14H16BrNO3/c15-12-7-4-11(5-8-12)6-9-13(17)16-19-14-3-1-2-10-18-14/h4-9,14H,1-3,10H2,(H,16,17)/b9-6+. The van der Waals surface area contributed by atoms with Crippen LogP contribution in [0.15, 0.2) is 34.8 Å². The molecule has 1 unspecified atom stereocenters. The first-order valence-corrected chi connectivity index (χ1v) is 7.04. The number of ether oxygens (including phenoxy) is 1. The molecular weight excluding hydrogens is 310 g/mol. The zero-order valence-electron chi connectivity index (χ0n) is 10.5. The summed E-state index contributed by atoms with van der Waals surface area (Å²) in [6.45, 7) is 0.690. The molecule has 1 aromatic carbocycles. The number of hydroxylamine groups is 1. The van der Waals surface area contributed by atoms with Crippen molar-refractivity contribution in [2.24, 2.45) is 0 Å². The van der Waals surface area contributed by atoms with Crippen molar-refractivity contribution in [2.45, 2.75) is 25.6 Å². The molecule has 2 rings (SSSR count). The van der Waals surface area contributed by atoms with E-state index in [0.29, 0.717) is 6.61 Å². The van der Waals surface area contributed by atoms with Crippen molar-refractivity contribution in [2.75, 3.05) is 6.61 Å². The van der Waals surface area contributed by atoms with Crippen LogP contribution in [-0.2, 0) is 14.4 Å². The summed E-state index contributed by atoms with van der Waals surface area (Å²) >= 11 is 3.36. The fraction of sp³-hybridized carbons (Fsp3) is 0.357. The summed E-state index contributed by atoms with van der Waals surface area (Å²) in [5.41, 5.74) is 3.33. The first-order valence-electron chi connectivity index (χ1n) is 6.25. The number of carbonyl (C=O) groups excluding carboxylic acids is 1. The third-order valence-corrected chi connectivity index (χ3v) is 3.25. The van der Waals surface area contributed by atoms with Crippen LogP contribution in [-0.4, -0.2) is 18.8 Å². The Bertz CT molecular complexity index is 439. The Hall–Kier alpha value is -1.17. The minimum Gasteiger partial charge on any atom is -0.350 e. The van der Waals surface area contributed by atoms with Crippen LogP contribution in [0, 0.1) is 0 Å². The highest BCUT2D eigenvalue weighted by atomic mass is 79.9. The van der Waals surface area contributed by atoms with E-state index in [2.05, 4.69) is 21.4 Å². The summed E-state index contributed by atoms with van der Waals surface area (Å²) in [6, 6.07) is 7.67. The van der Waals surface area contributed by atoms with Gasteiger partial charge in [0.1, 0.15) is 0 Å². The second-order valence-electron chi connectivity index (χ2n) is 4.27.